The van der Waals surface area contributed by atoms with Gasteiger partial charge >= 0.3 is 0 Å². The van der Waals surface area contributed by atoms with Crippen LogP contribution in [0.4, 0.5) is 5.69 Å². The molecule has 0 radical (unpaired) electrons. The summed E-state index contributed by atoms with van der Waals surface area (Å²) >= 11 is 5.70. The highest BCUT2D eigenvalue weighted by Gasteiger charge is 2.14. The van der Waals surface area contributed by atoms with Crippen LogP contribution in [0.2, 0.25) is 5.22 Å². The summed E-state index contributed by atoms with van der Waals surface area (Å²) in [5.41, 5.74) is 1.46. The minimum absolute atomic E-state index is 0.0454. The smallest absolute Gasteiger partial charge is 0.260 e. The normalized spacial score (nSPS) is 10.2. The second-order valence-corrected chi connectivity index (χ2v) is 3.72. The molecule has 0 unspecified atom stereocenters. The van der Waals surface area contributed by atoms with Crippen molar-refractivity contribution in [1.29, 1.82) is 0 Å². The maximum Gasteiger partial charge on any atom is 0.260 e. The summed E-state index contributed by atoms with van der Waals surface area (Å²) in [5, 5.41) is 11.8. The van der Waals surface area contributed by atoms with Crippen LogP contribution in [0.25, 0.3) is 0 Å². The van der Waals surface area contributed by atoms with Crippen molar-refractivity contribution in [2.45, 2.75) is 6.61 Å². The third kappa shape index (κ3) is 2.49. The van der Waals surface area contributed by atoms with Gasteiger partial charge in [-0.05, 0) is 23.7 Å². The number of hydrogen-bond donors (Lipinski definition) is 2. The van der Waals surface area contributed by atoms with Gasteiger partial charge in [0.05, 0.1) is 18.4 Å². The molecule has 0 saturated carbocycles. The van der Waals surface area contributed by atoms with Crippen molar-refractivity contribution in [3.8, 4) is 0 Å². The average Bonchev–Trinajstić information content (AvgIpc) is 2.76. The highest BCUT2D eigenvalue weighted by Crippen LogP contribution is 2.20. The molecular formula is C12H10ClNO3. The van der Waals surface area contributed by atoms with Crippen LogP contribution < -0.4 is 5.32 Å². The van der Waals surface area contributed by atoms with Crippen molar-refractivity contribution in [2.75, 3.05) is 5.32 Å². The van der Waals surface area contributed by atoms with Gasteiger partial charge in [-0.15, -0.1) is 0 Å². The number of rotatable bonds is 3. The van der Waals surface area contributed by atoms with Crippen LogP contribution in [0.3, 0.4) is 0 Å². The van der Waals surface area contributed by atoms with Crippen LogP contribution >= 0.6 is 11.6 Å². The highest BCUT2D eigenvalue weighted by molar-refractivity contribution is 6.32. The minimum atomic E-state index is -0.371. The Balaban J connectivity index is 2.22. The van der Waals surface area contributed by atoms with Crippen molar-refractivity contribution in [3.63, 3.8) is 0 Å². The van der Waals surface area contributed by atoms with E-state index in [1.807, 2.05) is 0 Å². The second-order valence-electron chi connectivity index (χ2n) is 3.38. The van der Waals surface area contributed by atoms with Crippen molar-refractivity contribution < 1.29 is 14.3 Å². The standard InChI is InChI=1S/C12H10ClNO3/c13-11-9(5-6-17-11)12(16)14-10-4-2-1-3-8(10)7-15/h1-6,15H,7H2,(H,14,16). The maximum atomic E-state index is 11.8. The quantitative estimate of drug-likeness (QED) is 0.882. The first kappa shape index (κ1) is 11.7. The van der Waals surface area contributed by atoms with Gasteiger partial charge in [-0.2, -0.15) is 0 Å². The minimum Gasteiger partial charge on any atom is -0.452 e. The van der Waals surface area contributed by atoms with E-state index in [2.05, 4.69) is 5.32 Å². The predicted molar refractivity (Wildman–Crippen MR) is 64.0 cm³/mol. The van der Waals surface area contributed by atoms with E-state index in [-0.39, 0.29) is 23.3 Å². The molecule has 0 aliphatic carbocycles. The summed E-state index contributed by atoms with van der Waals surface area (Å²) in [6.07, 6.45) is 1.34. The van der Waals surface area contributed by atoms with Gasteiger partial charge in [0.15, 0.2) is 0 Å². The fraction of sp³-hybridized carbons (Fsp3) is 0.0833. The number of carbonyl (C=O) groups excluding carboxylic acids is 1. The molecule has 0 fully saturated rings. The largest absolute Gasteiger partial charge is 0.452 e. The van der Waals surface area contributed by atoms with E-state index in [9.17, 15) is 4.79 Å². The van der Waals surface area contributed by atoms with Crippen LogP contribution in [0.5, 0.6) is 0 Å². The molecule has 0 saturated heterocycles. The Morgan fingerprint density at radius 3 is 2.76 bits per heavy atom. The molecule has 2 aromatic rings. The van der Waals surface area contributed by atoms with E-state index < -0.39 is 0 Å². The van der Waals surface area contributed by atoms with Crippen LogP contribution in [0.1, 0.15) is 15.9 Å². The van der Waals surface area contributed by atoms with E-state index in [1.54, 1.807) is 24.3 Å². The molecule has 88 valence electrons. The zero-order valence-corrected chi connectivity index (χ0v) is 9.57. The van der Waals surface area contributed by atoms with Crippen molar-refractivity contribution in [3.05, 3.63) is 52.9 Å². The zero-order valence-electron chi connectivity index (χ0n) is 8.81. The van der Waals surface area contributed by atoms with Gasteiger partial charge in [-0.3, -0.25) is 4.79 Å². The number of anilines is 1. The van der Waals surface area contributed by atoms with Crippen molar-refractivity contribution in [2.24, 2.45) is 0 Å². The Morgan fingerprint density at radius 2 is 2.12 bits per heavy atom. The van der Waals surface area contributed by atoms with Crippen LogP contribution in [0.15, 0.2) is 41.0 Å². The maximum absolute atomic E-state index is 11.8. The molecular weight excluding hydrogens is 242 g/mol. The molecule has 4 nitrogen and oxygen atoms in total. The number of benzene rings is 1. The molecule has 2 rings (SSSR count). The Morgan fingerprint density at radius 1 is 1.35 bits per heavy atom. The lowest BCUT2D eigenvalue weighted by molar-refractivity contribution is 0.102. The Hall–Kier alpha value is -1.78. The number of halogens is 1. The number of amides is 1. The number of hydrogen-bond acceptors (Lipinski definition) is 3. The zero-order chi connectivity index (χ0) is 12.3. The Kier molecular flexibility index (Phi) is 3.46. The monoisotopic (exact) mass is 251 g/mol. The van der Waals surface area contributed by atoms with Gasteiger partial charge in [0.25, 0.3) is 5.91 Å². The lowest BCUT2D eigenvalue weighted by Crippen LogP contribution is -2.12. The average molecular weight is 252 g/mol. The van der Waals surface area contributed by atoms with E-state index in [0.717, 1.165) is 0 Å². The number of furan rings is 1. The fourth-order valence-corrected chi connectivity index (χ4v) is 1.63. The number of aliphatic hydroxyl groups is 1. The molecule has 1 aromatic carbocycles. The summed E-state index contributed by atoms with van der Waals surface area (Å²) in [6, 6.07) is 8.47. The molecule has 1 heterocycles. The molecule has 0 bridgehead atoms. The predicted octanol–water partition coefficient (Wildman–Crippen LogP) is 2.68. The molecule has 0 aliphatic rings. The van der Waals surface area contributed by atoms with Gasteiger partial charge in [-0.25, -0.2) is 0 Å². The number of aliphatic hydroxyl groups excluding tert-OH is 1. The van der Waals surface area contributed by atoms with E-state index >= 15 is 0 Å². The van der Waals surface area contributed by atoms with Crippen LogP contribution in [0, 0.1) is 0 Å². The SMILES string of the molecule is O=C(Nc1ccccc1CO)c1ccoc1Cl. The van der Waals surface area contributed by atoms with Crippen LogP contribution in [-0.4, -0.2) is 11.0 Å². The molecule has 0 atom stereocenters. The van der Waals surface area contributed by atoms with E-state index in [4.69, 9.17) is 21.1 Å². The van der Waals surface area contributed by atoms with Gasteiger partial charge in [0.1, 0.15) is 0 Å². The number of nitrogens with one attached hydrogen (secondary N) is 1. The summed E-state index contributed by atoms with van der Waals surface area (Å²) in [7, 11) is 0. The molecule has 5 heteroatoms. The molecule has 1 aromatic heterocycles. The Bertz CT molecular complexity index is 536. The number of carbonyl (C=O) groups is 1. The van der Waals surface area contributed by atoms with Crippen molar-refractivity contribution >= 4 is 23.2 Å². The molecule has 17 heavy (non-hydrogen) atoms. The second kappa shape index (κ2) is 5.03. The summed E-state index contributed by atoms with van der Waals surface area (Å²) < 4.78 is 4.84. The molecule has 0 aliphatic heterocycles. The van der Waals surface area contributed by atoms with Gasteiger partial charge < -0.3 is 14.8 Å². The van der Waals surface area contributed by atoms with Gasteiger partial charge in [-0.1, -0.05) is 18.2 Å². The third-order valence-corrected chi connectivity index (χ3v) is 2.59. The summed E-state index contributed by atoms with van der Waals surface area (Å²) in [4.78, 5) is 11.8. The van der Waals surface area contributed by atoms with Crippen LogP contribution in [-0.2, 0) is 6.61 Å². The van der Waals surface area contributed by atoms with Crippen molar-refractivity contribution in [1.82, 2.24) is 0 Å². The summed E-state index contributed by atoms with van der Waals surface area (Å²) in [6.45, 7) is -0.143. The highest BCUT2D eigenvalue weighted by atomic mass is 35.5. The first-order valence-corrected chi connectivity index (χ1v) is 5.33. The lowest BCUT2D eigenvalue weighted by Gasteiger charge is -2.08. The topological polar surface area (TPSA) is 62.5 Å². The molecule has 0 spiro atoms. The Labute approximate surface area is 103 Å². The fourth-order valence-electron chi connectivity index (χ4n) is 1.43. The number of para-hydroxylation sites is 1. The summed E-state index contributed by atoms with van der Waals surface area (Å²) in [5.74, 6) is -0.371. The van der Waals surface area contributed by atoms with Gasteiger partial charge in [0.2, 0.25) is 5.22 Å². The first-order chi connectivity index (χ1) is 8.22. The van der Waals surface area contributed by atoms with E-state index in [1.165, 1.54) is 12.3 Å². The van der Waals surface area contributed by atoms with Gasteiger partial charge in [0, 0.05) is 11.3 Å². The molecule has 1 amide bonds. The first-order valence-electron chi connectivity index (χ1n) is 4.95. The lowest BCUT2D eigenvalue weighted by atomic mass is 10.2. The van der Waals surface area contributed by atoms with E-state index in [0.29, 0.717) is 11.3 Å². The molecule has 2 N–H and O–H groups in total. The third-order valence-electron chi connectivity index (χ3n) is 2.30.